The van der Waals surface area contributed by atoms with E-state index in [4.69, 9.17) is 0 Å². The van der Waals surface area contributed by atoms with Gasteiger partial charge < -0.3 is 10.2 Å². The van der Waals surface area contributed by atoms with E-state index in [-0.39, 0.29) is 17.4 Å². The molecular formula is C20H24F2N2O2. The first-order valence-corrected chi connectivity index (χ1v) is 9.21. The van der Waals surface area contributed by atoms with Crippen molar-refractivity contribution >= 4 is 11.8 Å². The van der Waals surface area contributed by atoms with Crippen LogP contribution in [-0.2, 0) is 4.79 Å². The van der Waals surface area contributed by atoms with Gasteiger partial charge in [0.15, 0.2) is 0 Å². The molecule has 140 valence electrons. The Morgan fingerprint density at radius 1 is 1.12 bits per heavy atom. The second-order valence-electron chi connectivity index (χ2n) is 7.09. The standard InChI is InChI=1S/C20H24F2N2O2/c21-16-6-7-17(18(22)12-16)20(26)24-10-8-15(9-11-24)19(25)23-13-14-4-2-1-3-5-14/h1-2,6-7,12,14-15H,3-5,8-11,13H2,(H,23,25). The molecule has 4 nitrogen and oxygen atoms in total. The van der Waals surface area contributed by atoms with Crippen molar-refractivity contribution in [2.45, 2.75) is 32.1 Å². The molecule has 1 atom stereocenters. The number of rotatable bonds is 4. The SMILES string of the molecule is O=C(NCC1CC=CCC1)C1CCN(C(=O)c2ccc(F)cc2F)CC1. The smallest absolute Gasteiger partial charge is 0.256 e. The molecule has 1 aromatic rings. The first kappa shape index (κ1) is 18.5. The number of carbonyl (C=O) groups is 2. The number of nitrogens with one attached hydrogen (secondary N) is 1. The van der Waals surface area contributed by atoms with Gasteiger partial charge in [-0.3, -0.25) is 9.59 Å². The number of likely N-dealkylation sites (tertiary alicyclic amines) is 1. The van der Waals surface area contributed by atoms with Gasteiger partial charge in [0, 0.05) is 31.6 Å². The molecule has 1 aliphatic carbocycles. The second-order valence-corrected chi connectivity index (χ2v) is 7.09. The third kappa shape index (κ3) is 4.48. The van der Waals surface area contributed by atoms with E-state index in [2.05, 4.69) is 17.5 Å². The zero-order valence-corrected chi connectivity index (χ0v) is 14.7. The van der Waals surface area contributed by atoms with Crippen molar-refractivity contribution in [2.24, 2.45) is 11.8 Å². The highest BCUT2D eigenvalue weighted by atomic mass is 19.1. The highest BCUT2D eigenvalue weighted by Crippen LogP contribution is 2.22. The Morgan fingerprint density at radius 2 is 1.88 bits per heavy atom. The van der Waals surface area contributed by atoms with Gasteiger partial charge in [-0.05, 0) is 50.2 Å². The summed E-state index contributed by atoms with van der Waals surface area (Å²) in [4.78, 5) is 26.3. The van der Waals surface area contributed by atoms with Gasteiger partial charge in [-0.25, -0.2) is 8.78 Å². The fourth-order valence-electron chi connectivity index (χ4n) is 3.61. The third-order valence-corrected chi connectivity index (χ3v) is 5.26. The molecule has 1 fully saturated rings. The molecule has 6 heteroatoms. The van der Waals surface area contributed by atoms with Crippen LogP contribution in [0.15, 0.2) is 30.4 Å². The van der Waals surface area contributed by atoms with Crippen LogP contribution in [0.1, 0.15) is 42.5 Å². The summed E-state index contributed by atoms with van der Waals surface area (Å²) in [5.74, 6) is -1.57. The van der Waals surface area contributed by atoms with Crippen molar-refractivity contribution in [2.75, 3.05) is 19.6 Å². The Labute approximate surface area is 152 Å². The van der Waals surface area contributed by atoms with Gasteiger partial charge in [-0.15, -0.1) is 0 Å². The Hall–Kier alpha value is -2.24. The van der Waals surface area contributed by atoms with E-state index in [9.17, 15) is 18.4 Å². The molecule has 2 amide bonds. The molecular weight excluding hydrogens is 338 g/mol. The van der Waals surface area contributed by atoms with Crippen LogP contribution in [0.5, 0.6) is 0 Å². The van der Waals surface area contributed by atoms with Gasteiger partial charge in [0.05, 0.1) is 5.56 Å². The minimum atomic E-state index is -0.851. The fourth-order valence-corrected chi connectivity index (χ4v) is 3.61. The number of hydrogen-bond acceptors (Lipinski definition) is 2. The minimum absolute atomic E-state index is 0.0413. The Balaban J connectivity index is 1.48. The fraction of sp³-hybridized carbons (Fsp3) is 0.500. The van der Waals surface area contributed by atoms with E-state index in [1.807, 2.05) is 0 Å². The lowest BCUT2D eigenvalue weighted by Crippen LogP contribution is -2.44. The van der Waals surface area contributed by atoms with E-state index in [1.165, 1.54) is 11.0 Å². The zero-order chi connectivity index (χ0) is 18.5. The lowest BCUT2D eigenvalue weighted by Gasteiger charge is -2.32. The highest BCUT2D eigenvalue weighted by molar-refractivity contribution is 5.94. The number of carbonyl (C=O) groups excluding carboxylic acids is 2. The van der Waals surface area contributed by atoms with Crippen LogP contribution in [-0.4, -0.2) is 36.3 Å². The average molecular weight is 362 g/mol. The summed E-state index contributed by atoms with van der Waals surface area (Å²) in [6.45, 7) is 1.50. The largest absolute Gasteiger partial charge is 0.356 e. The molecule has 1 heterocycles. The number of allylic oxidation sites excluding steroid dienone is 2. The lowest BCUT2D eigenvalue weighted by molar-refractivity contribution is -0.126. The summed E-state index contributed by atoms with van der Waals surface area (Å²) in [6.07, 6.45) is 8.65. The molecule has 1 N–H and O–H groups in total. The van der Waals surface area contributed by atoms with Crippen molar-refractivity contribution < 1.29 is 18.4 Å². The van der Waals surface area contributed by atoms with Crippen molar-refractivity contribution in [3.8, 4) is 0 Å². The predicted molar refractivity (Wildman–Crippen MR) is 94.5 cm³/mol. The molecule has 0 spiro atoms. The van der Waals surface area contributed by atoms with Crippen LogP contribution in [0, 0.1) is 23.5 Å². The average Bonchev–Trinajstić information content (AvgIpc) is 2.66. The van der Waals surface area contributed by atoms with Gasteiger partial charge in [-0.2, -0.15) is 0 Å². The maximum atomic E-state index is 13.8. The molecule has 0 radical (unpaired) electrons. The van der Waals surface area contributed by atoms with Gasteiger partial charge in [0.25, 0.3) is 5.91 Å². The quantitative estimate of drug-likeness (QED) is 0.836. The first-order valence-electron chi connectivity index (χ1n) is 9.21. The number of halogens is 2. The molecule has 1 saturated heterocycles. The number of hydrogen-bond donors (Lipinski definition) is 1. The number of amides is 2. The van der Waals surface area contributed by atoms with Crippen LogP contribution in [0.4, 0.5) is 8.78 Å². The van der Waals surface area contributed by atoms with Crippen molar-refractivity contribution in [3.05, 3.63) is 47.5 Å². The van der Waals surface area contributed by atoms with Gasteiger partial charge in [0.1, 0.15) is 11.6 Å². The number of nitrogens with zero attached hydrogens (tertiary/aromatic N) is 1. The first-order chi connectivity index (χ1) is 12.5. The summed E-state index contributed by atoms with van der Waals surface area (Å²) < 4.78 is 26.8. The Kier molecular flexibility index (Phi) is 6.01. The van der Waals surface area contributed by atoms with Crippen LogP contribution >= 0.6 is 0 Å². The van der Waals surface area contributed by atoms with Crippen LogP contribution < -0.4 is 5.32 Å². The highest BCUT2D eigenvalue weighted by Gasteiger charge is 2.29. The molecule has 0 saturated carbocycles. The van der Waals surface area contributed by atoms with Gasteiger partial charge >= 0.3 is 0 Å². The molecule has 0 bridgehead atoms. The molecule has 1 unspecified atom stereocenters. The van der Waals surface area contributed by atoms with Crippen molar-refractivity contribution in [3.63, 3.8) is 0 Å². The molecule has 1 aromatic carbocycles. The second kappa shape index (κ2) is 8.43. The van der Waals surface area contributed by atoms with E-state index >= 15 is 0 Å². The van der Waals surface area contributed by atoms with Gasteiger partial charge in [0.2, 0.25) is 5.91 Å². The predicted octanol–water partition coefficient (Wildman–Crippen LogP) is 3.29. The molecule has 1 aliphatic heterocycles. The summed E-state index contributed by atoms with van der Waals surface area (Å²) in [6, 6.07) is 2.97. The number of piperidine rings is 1. The van der Waals surface area contributed by atoms with E-state index in [0.29, 0.717) is 44.5 Å². The van der Waals surface area contributed by atoms with E-state index in [1.54, 1.807) is 0 Å². The summed E-state index contributed by atoms with van der Waals surface area (Å²) in [5, 5.41) is 3.04. The Morgan fingerprint density at radius 3 is 2.54 bits per heavy atom. The van der Waals surface area contributed by atoms with Crippen LogP contribution in [0.3, 0.4) is 0 Å². The van der Waals surface area contributed by atoms with E-state index < -0.39 is 17.5 Å². The minimum Gasteiger partial charge on any atom is -0.356 e. The maximum Gasteiger partial charge on any atom is 0.256 e. The number of benzene rings is 1. The lowest BCUT2D eigenvalue weighted by atomic mass is 9.92. The summed E-state index contributed by atoms with van der Waals surface area (Å²) >= 11 is 0. The monoisotopic (exact) mass is 362 g/mol. The molecule has 0 aromatic heterocycles. The zero-order valence-electron chi connectivity index (χ0n) is 14.7. The molecule has 3 rings (SSSR count). The van der Waals surface area contributed by atoms with Gasteiger partial charge in [-0.1, -0.05) is 12.2 Å². The molecule has 26 heavy (non-hydrogen) atoms. The van der Waals surface area contributed by atoms with E-state index in [0.717, 1.165) is 25.3 Å². The Bertz CT molecular complexity index is 697. The normalized spacial score (nSPS) is 20.8. The van der Waals surface area contributed by atoms with Crippen molar-refractivity contribution in [1.82, 2.24) is 10.2 Å². The third-order valence-electron chi connectivity index (χ3n) is 5.26. The molecule has 2 aliphatic rings. The topological polar surface area (TPSA) is 49.4 Å². The van der Waals surface area contributed by atoms with Crippen molar-refractivity contribution in [1.29, 1.82) is 0 Å². The summed E-state index contributed by atoms with van der Waals surface area (Å²) in [7, 11) is 0. The maximum absolute atomic E-state index is 13.8. The van der Waals surface area contributed by atoms with Crippen LogP contribution in [0.25, 0.3) is 0 Å². The van der Waals surface area contributed by atoms with Crippen LogP contribution in [0.2, 0.25) is 0 Å². The summed E-state index contributed by atoms with van der Waals surface area (Å²) in [5.41, 5.74) is -0.125.